The average molecular weight is 198 g/mol. The van der Waals surface area contributed by atoms with Crippen LogP contribution in [0.25, 0.3) is 0 Å². The summed E-state index contributed by atoms with van der Waals surface area (Å²) in [5, 5.41) is 5.53. The lowest BCUT2D eigenvalue weighted by molar-refractivity contribution is 0.163. The number of allylic oxidation sites excluding steroid dienone is 1. The van der Waals surface area contributed by atoms with Gasteiger partial charge in [0.2, 0.25) is 0 Å². The van der Waals surface area contributed by atoms with E-state index in [0.717, 1.165) is 13.1 Å². The number of nitrogens with zero attached hydrogens (tertiary/aromatic N) is 1. The van der Waals surface area contributed by atoms with E-state index in [9.17, 15) is 0 Å². The van der Waals surface area contributed by atoms with E-state index in [2.05, 4.69) is 34.4 Å². The third kappa shape index (κ3) is 2.89. The van der Waals surface area contributed by atoms with Gasteiger partial charge in [0.1, 0.15) is 0 Å². The van der Waals surface area contributed by atoms with Gasteiger partial charge in [0.05, 0.1) is 0 Å². The molecular formula is C10H22N4. The molecule has 0 unspecified atom stereocenters. The maximum Gasteiger partial charge on any atom is 0.0490 e. The molecule has 4 nitrogen and oxygen atoms in total. The molecule has 0 bridgehead atoms. The van der Waals surface area contributed by atoms with Crippen molar-refractivity contribution in [2.24, 2.45) is 0 Å². The Hall–Kier alpha value is -0.740. The fourth-order valence-corrected chi connectivity index (χ4v) is 1.71. The zero-order chi connectivity index (χ0) is 10.4. The number of piperidine rings is 1. The highest BCUT2D eigenvalue weighted by Gasteiger charge is 2.20. The zero-order valence-electron chi connectivity index (χ0n) is 9.43. The van der Waals surface area contributed by atoms with Crippen molar-refractivity contribution in [2.75, 3.05) is 13.1 Å². The molecule has 0 saturated carbocycles. The van der Waals surface area contributed by atoms with Crippen LogP contribution in [0.2, 0.25) is 0 Å². The fourth-order valence-electron chi connectivity index (χ4n) is 1.71. The molecule has 2 aliphatic heterocycles. The van der Waals surface area contributed by atoms with Crippen LogP contribution in [0.5, 0.6) is 0 Å². The Balaban J connectivity index is 0.000000461. The van der Waals surface area contributed by atoms with Gasteiger partial charge in [-0.25, -0.2) is 0 Å². The van der Waals surface area contributed by atoms with Crippen molar-refractivity contribution in [1.29, 1.82) is 0 Å². The van der Waals surface area contributed by atoms with E-state index in [-0.39, 0.29) is 0 Å². The minimum Gasteiger partial charge on any atom is -0.317 e. The van der Waals surface area contributed by atoms with Gasteiger partial charge in [0.25, 0.3) is 0 Å². The summed E-state index contributed by atoms with van der Waals surface area (Å²) < 4.78 is 0. The largest absolute Gasteiger partial charge is 0.317 e. The summed E-state index contributed by atoms with van der Waals surface area (Å²) in [6.07, 6.45) is 4.58. The van der Waals surface area contributed by atoms with E-state index < -0.39 is 0 Å². The van der Waals surface area contributed by atoms with Gasteiger partial charge in [-0.05, 0) is 32.9 Å². The van der Waals surface area contributed by atoms with Gasteiger partial charge in [0.15, 0.2) is 0 Å². The molecule has 0 aromatic rings. The Morgan fingerprint density at radius 3 is 2.43 bits per heavy atom. The predicted molar refractivity (Wildman–Crippen MR) is 59.1 cm³/mol. The topological polar surface area (TPSA) is 39.3 Å². The lowest BCUT2D eigenvalue weighted by Crippen LogP contribution is -2.47. The van der Waals surface area contributed by atoms with Gasteiger partial charge < -0.3 is 10.7 Å². The van der Waals surface area contributed by atoms with Crippen LogP contribution in [-0.4, -0.2) is 24.1 Å². The summed E-state index contributed by atoms with van der Waals surface area (Å²) in [5.74, 6) is 0. The van der Waals surface area contributed by atoms with Crippen molar-refractivity contribution < 1.29 is 0 Å². The third-order valence-corrected chi connectivity index (χ3v) is 2.42. The minimum absolute atomic E-state index is 0.649. The second kappa shape index (κ2) is 5.88. The summed E-state index contributed by atoms with van der Waals surface area (Å²) in [6.45, 7) is 8.33. The number of hydrogen-bond donors (Lipinski definition) is 3. The molecule has 2 rings (SSSR count). The minimum atomic E-state index is 0.649. The molecule has 1 fully saturated rings. The van der Waals surface area contributed by atoms with Crippen LogP contribution in [0.3, 0.4) is 0 Å². The van der Waals surface area contributed by atoms with E-state index in [0.29, 0.717) is 6.04 Å². The Morgan fingerprint density at radius 1 is 1.29 bits per heavy atom. The molecule has 0 aromatic heterocycles. The van der Waals surface area contributed by atoms with Crippen molar-refractivity contribution in [3.8, 4) is 0 Å². The first kappa shape index (κ1) is 11.3. The number of hydrogen-bond acceptors (Lipinski definition) is 4. The number of hydrazine groups is 2. The summed E-state index contributed by atoms with van der Waals surface area (Å²) in [6, 6.07) is 0.649. The standard InChI is InChI=1S/C8H16N4.C2H6/c1-7-6-12(11-10-7)8-2-4-9-5-3-8;1-2/h6,8-11H,2-5H2,1H3;1-2H3. The number of nitrogens with one attached hydrogen (secondary N) is 3. The Morgan fingerprint density at radius 2 is 1.93 bits per heavy atom. The summed E-state index contributed by atoms with van der Waals surface area (Å²) in [5.41, 5.74) is 7.41. The number of rotatable bonds is 1. The van der Waals surface area contributed by atoms with E-state index in [4.69, 9.17) is 0 Å². The molecule has 14 heavy (non-hydrogen) atoms. The normalized spacial score (nSPS) is 22.2. The Labute approximate surface area is 86.7 Å². The molecule has 2 heterocycles. The highest BCUT2D eigenvalue weighted by Crippen LogP contribution is 2.12. The lowest BCUT2D eigenvalue weighted by atomic mass is 10.1. The van der Waals surface area contributed by atoms with Gasteiger partial charge >= 0.3 is 0 Å². The molecule has 4 heteroatoms. The highest BCUT2D eigenvalue weighted by molar-refractivity contribution is 4.99. The Kier molecular flexibility index (Phi) is 4.76. The van der Waals surface area contributed by atoms with Crippen molar-refractivity contribution in [3.05, 3.63) is 11.9 Å². The summed E-state index contributed by atoms with van der Waals surface area (Å²) in [4.78, 5) is 0. The molecule has 0 atom stereocenters. The monoisotopic (exact) mass is 198 g/mol. The molecule has 0 radical (unpaired) electrons. The van der Waals surface area contributed by atoms with Gasteiger partial charge in [-0.2, -0.15) is 0 Å². The molecule has 2 aliphatic rings. The first-order valence-corrected chi connectivity index (χ1v) is 5.55. The summed E-state index contributed by atoms with van der Waals surface area (Å²) in [7, 11) is 0. The first-order chi connectivity index (χ1) is 6.86. The van der Waals surface area contributed by atoms with Crippen molar-refractivity contribution in [2.45, 2.75) is 39.7 Å². The van der Waals surface area contributed by atoms with E-state index >= 15 is 0 Å². The smallest absolute Gasteiger partial charge is 0.0490 e. The summed E-state index contributed by atoms with van der Waals surface area (Å²) >= 11 is 0. The molecule has 0 amide bonds. The molecule has 0 aliphatic carbocycles. The van der Waals surface area contributed by atoms with E-state index in [1.165, 1.54) is 18.5 Å². The first-order valence-electron chi connectivity index (χ1n) is 5.55. The SMILES string of the molecule is CC.CC1=CN(C2CCNCC2)NN1. The second-order valence-electron chi connectivity index (χ2n) is 3.44. The van der Waals surface area contributed by atoms with Gasteiger partial charge in [-0.1, -0.05) is 13.8 Å². The lowest BCUT2D eigenvalue weighted by Gasteiger charge is -2.30. The maximum absolute atomic E-state index is 3.35. The molecule has 3 N–H and O–H groups in total. The molecule has 0 spiro atoms. The maximum atomic E-state index is 3.35. The van der Waals surface area contributed by atoms with Crippen molar-refractivity contribution in [3.63, 3.8) is 0 Å². The third-order valence-electron chi connectivity index (χ3n) is 2.42. The van der Waals surface area contributed by atoms with Crippen LogP contribution in [0.1, 0.15) is 33.6 Å². The molecule has 1 saturated heterocycles. The average Bonchev–Trinajstić information content (AvgIpc) is 2.69. The quantitative estimate of drug-likeness (QED) is 0.586. The van der Waals surface area contributed by atoms with Crippen LogP contribution < -0.4 is 16.3 Å². The molecule has 0 aromatic carbocycles. The van der Waals surface area contributed by atoms with Crippen molar-refractivity contribution >= 4 is 0 Å². The Bertz CT molecular complexity index is 185. The predicted octanol–water partition coefficient (Wildman–Crippen LogP) is 0.951. The van der Waals surface area contributed by atoms with Crippen LogP contribution in [0, 0.1) is 0 Å². The van der Waals surface area contributed by atoms with Gasteiger partial charge in [-0.15, -0.1) is 5.53 Å². The van der Waals surface area contributed by atoms with Crippen LogP contribution in [-0.2, 0) is 0 Å². The van der Waals surface area contributed by atoms with Gasteiger partial charge in [-0.3, -0.25) is 5.01 Å². The fraction of sp³-hybridized carbons (Fsp3) is 0.800. The van der Waals surface area contributed by atoms with Crippen LogP contribution >= 0.6 is 0 Å². The molecular weight excluding hydrogens is 176 g/mol. The molecule has 82 valence electrons. The highest BCUT2D eigenvalue weighted by atomic mass is 15.7. The van der Waals surface area contributed by atoms with Crippen LogP contribution in [0.15, 0.2) is 11.9 Å². The van der Waals surface area contributed by atoms with E-state index in [1.54, 1.807) is 0 Å². The van der Waals surface area contributed by atoms with Crippen LogP contribution in [0.4, 0.5) is 0 Å². The van der Waals surface area contributed by atoms with E-state index in [1.807, 2.05) is 13.8 Å². The van der Waals surface area contributed by atoms with Gasteiger partial charge in [0, 0.05) is 17.9 Å². The second-order valence-corrected chi connectivity index (χ2v) is 3.44. The zero-order valence-corrected chi connectivity index (χ0v) is 9.43. The van der Waals surface area contributed by atoms with Crippen molar-refractivity contribution in [1.82, 2.24) is 21.3 Å².